The second kappa shape index (κ2) is 8.20. The molecule has 1 heterocycles. The minimum absolute atomic E-state index is 0.238. The summed E-state index contributed by atoms with van der Waals surface area (Å²) < 4.78 is 16.1. The van der Waals surface area contributed by atoms with Crippen LogP contribution in [0.2, 0.25) is 0 Å². The van der Waals surface area contributed by atoms with Crippen LogP contribution in [0.25, 0.3) is 10.1 Å². The van der Waals surface area contributed by atoms with Crippen molar-refractivity contribution in [2.24, 2.45) is 0 Å². The van der Waals surface area contributed by atoms with Crippen molar-refractivity contribution in [3.05, 3.63) is 58.5 Å². The van der Waals surface area contributed by atoms with E-state index in [-0.39, 0.29) is 11.9 Å². The lowest BCUT2D eigenvalue weighted by molar-refractivity contribution is 0.0606. The van der Waals surface area contributed by atoms with Gasteiger partial charge in [0.15, 0.2) is 0 Å². The van der Waals surface area contributed by atoms with Crippen molar-refractivity contribution in [3.8, 4) is 5.75 Å². The van der Waals surface area contributed by atoms with Gasteiger partial charge in [0.1, 0.15) is 10.6 Å². The highest BCUT2D eigenvalue weighted by atomic mass is 32.1. The van der Waals surface area contributed by atoms with E-state index < -0.39 is 0 Å². The number of carbonyl (C=O) groups is 2. The zero-order chi connectivity index (χ0) is 19.4. The second-order valence-corrected chi connectivity index (χ2v) is 6.85. The first kappa shape index (κ1) is 18.9. The number of esters is 1. The Morgan fingerprint density at radius 1 is 1.04 bits per heavy atom. The fraction of sp³-hybridized carbons (Fsp3) is 0.200. The van der Waals surface area contributed by atoms with Crippen molar-refractivity contribution in [1.29, 1.82) is 0 Å². The number of benzene rings is 2. The fourth-order valence-electron chi connectivity index (χ4n) is 2.71. The molecular formula is C20H19NO5S. The molecule has 1 N–H and O–H groups in total. The van der Waals surface area contributed by atoms with E-state index in [4.69, 9.17) is 14.2 Å². The van der Waals surface area contributed by atoms with Gasteiger partial charge in [0, 0.05) is 28.6 Å². The van der Waals surface area contributed by atoms with Gasteiger partial charge in [-0.3, -0.25) is 4.79 Å². The number of carbonyl (C=O) groups excluding carboxylic acids is 2. The second-order valence-electron chi connectivity index (χ2n) is 5.77. The van der Waals surface area contributed by atoms with Gasteiger partial charge >= 0.3 is 5.97 Å². The molecule has 27 heavy (non-hydrogen) atoms. The number of amides is 1. The number of anilines is 1. The van der Waals surface area contributed by atoms with E-state index in [1.54, 1.807) is 44.6 Å². The van der Waals surface area contributed by atoms with Gasteiger partial charge in [0.05, 0.1) is 20.8 Å². The van der Waals surface area contributed by atoms with Crippen LogP contribution in [-0.2, 0) is 16.1 Å². The monoisotopic (exact) mass is 385 g/mol. The predicted molar refractivity (Wildman–Crippen MR) is 105 cm³/mol. The number of thiophene rings is 1. The summed E-state index contributed by atoms with van der Waals surface area (Å²) in [6, 6.07) is 12.4. The lowest BCUT2D eigenvalue weighted by atomic mass is 10.1. The van der Waals surface area contributed by atoms with Gasteiger partial charge in [0.25, 0.3) is 5.91 Å². The van der Waals surface area contributed by atoms with Crippen LogP contribution in [-0.4, -0.2) is 33.2 Å². The molecule has 0 fully saturated rings. The molecular weight excluding hydrogens is 366 g/mol. The number of nitrogens with one attached hydrogen (secondary N) is 1. The number of rotatable bonds is 6. The number of ether oxygens (including phenoxy) is 3. The Balaban J connectivity index is 1.83. The van der Waals surface area contributed by atoms with E-state index >= 15 is 0 Å². The molecule has 0 unspecified atom stereocenters. The Morgan fingerprint density at radius 2 is 1.85 bits per heavy atom. The van der Waals surface area contributed by atoms with Crippen LogP contribution in [0.4, 0.5) is 5.69 Å². The maximum absolute atomic E-state index is 12.6. The average Bonchev–Trinajstić information content (AvgIpc) is 3.11. The molecule has 2 aromatic carbocycles. The van der Waals surface area contributed by atoms with Gasteiger partial charge in [-0.25, -0.2) is 4.79 Å². The minimum atomic E-state index is -0.370. The summed E-state index contributed by atoms with van der Waals surface area (Å²) in [6.07, 6.45) is 0. The van der Waals surface area contributed by atoms with Crippen LogP contribution in [0, 0.1) is 0 Å². The molecule has 1 aromatic heterocycles. The first-order valence-electron chi connectivity index (χ1n) is 8.15. The highest BCUT2D eigenvalue weighted by Gasteiger charge is 2.13. The van der Waals surface area contributed by atoms with E-state index in [0.717, 1.165) is 15.6 Å². The number of hydrogen-bond acceptors (Lipinski definition) is 6. The smallest absolute Gasteiger partial charge is 0.348 e. The predicted octanol–water partition coefficient (Wildman–Crippen LogP) is 4.10. The molecule has 0 bridgehead atoms. The van der Waals surface area contributed by atoms with Crippen LogP contribution in [0.5, 0.6) is 5.75 Å². The molecule has 6 nitrogen and oxygen atoms in total. The Labute approximate surface area is 160 Å². The molecule has 0 saturated carbocycles. The Bertz CT molecular complexity index is 995. The molecule has 140 valence electrons. The van der Waals surface area contributed by atoms with Gasteiger partial charge in [-0.2, -0.15) is 0 Å². The maximum Gasteiger partial charge on any atom is 0.348 e. The van der Waals surface area contributed by atoms with Crippen LogP contribution >= 0.6 is 11.3 Å². The third-order valence-corrected chi connectivity index (χ3v) is 5.10. The fourth-order valence-corrected chi connectivity index (χ4v) is 3.67. The SMILES string of the molecule is COCc1cc(C(=O)Nc2ccc3sc(C(=O)OC)cc3c2)ccc1OC. The molecule has 0 spiro atoms. The summed E-state index contributed by atoms with van der Waals surface area (Å²) in [4.78, 5) is 24.8. The van der Waals surface area contributed by atoms with Crippen LogP contribution < -0.4 is 10.1 Å². The Kier molecular flexibility index (Phi) is 5.73. The molecule has 1 amide bonds. The van der Waals surface area contributed by atoms with E-state index in [0.29, 0.717) is 28.5 Å². The molecule has 0 aliphatic heterocycles. The third kappa shape index (κ3) is 4.10. The molecule has 0 saturated heterocycles. The maximum atomic E-state index is 12.6. The van der Waals surface area contributed by atoms with E-state index in [1.165, 1.54) is 18.4 Å². The van der Waals surface area contributed by atoms with Gasteiger partial charge in [-0.1, -0.05) is 0 Å². The van der Waals surface area contributed by atoms with Gasteiger partial charge in [0.2, 0.25) is 0 Å². The normalized spacial score (nSPS) is 10.6. The van der Waals surface area contributed by atoms with Gasteiger partial charge in [-0.05, 0) is 47.9 Å². The largest absolute Gasteiger partial charge is 0.496 e. The zero-order valence-electron chi connectivity index (χ0n) is 15.2. The van der Waals surface area contributed by atoms with Crippen molar-refractivity contribution in [3.63, 3.8) is 0 Å². The molecule has 0 atom stereocenters. The van der Waals surface area contributed by atoms with Crippen molar-refractivity contribution in [2.75, 3.05) is 26.6 Å². The zero-order valence-corrected chi connectivity index (χ0v) is 16.0. The molecule has 0 radical (unpaired) electrons. The van der Waals surface area contributed by atoms with E-state index in [9.17, 15) is 9.59 Å². The highest BCUT2D eigenvalue weighted by Crippen LogP contribution is 2.29. The lowest BCUT2D eigenvalue weighted by Gasteiger charge is -2.10. The standard InChI is InChI=1S/C20H19NO5S/c1-24-11-14-8-12(4-6-16(14)25-2)19(22)21-15-5-7-17-13(9-15)10-18(27-17)20(23)26-3/h4-10H,11H2,1-3H3,(H,21,22). The number of fused-ring (bicyclic) bond motifs is 1. The lowest BCUT2D eigenvalue weighted by Crippen LogP contribution is -2.12. The first-order valence-corrected chi connectivity index (χ1v) is 8.96. The summed E-state index contributed by atoms with van der Waals surface area (Å²) in [7, 11) is 4.52. The summed E-state index contributed by atoms with van der Waals surface area (Å²) in [6.45, 7) is 0.349. The van der Waals surface area contributed by atoms with Crippen molar-refractivity contribution in [2.45, 2.75) is 6.61 Å². The quantitative estimate of drug-likeness (QED) is 0.647. The number of methoxy groups -OCH3 is 3. The summed E-state index contributed by atoms with van der Waals surface area (Å²) in [5.74, 6) is 0.0619. The summed E-state index contributed by atoms with van der Waals surface area (Å²) in [5, 5.41) is 3.75. The van der Waals surface area contributed by atoms with Crippen molar-refractivity contribution < 1.29 is 23.8 Å². The molecule has 7 heteroatoms. The first-order chi connectivity index (χ1) is 13.0. The topological polar surface area (TPSA) is 73.9 Å². The highest BCUT2D eigenvalue weighted by molar-refractivity contribution is 7.20. The van der Waals surface area contributed by atoms with Crippen LogP contribution in [0.15, 0.2) is 42.5 Å². The average molecular weight is 385 g/mol. The molecule has 3 aromatic rings. The Hall–Kier alpha value is -2.90. The minimum Gasteiger partial charge on any atom is -0.496 e. The van der Waals surface area contributed by atoms with E-state index in [1.807, 2.05) is 12.1 Å². The summed E-state index contributed by atoms with van der Waals surface area (Å²) in [5.41, 5.74) is 1.94. The number of hydrogen-bond donors (Lipinski definition) is 1. The summed E-state index contributed by atoms with van der Waals surface area (Å²) >= 11 is 1.35. The van der Waals surface area contributed by atoms with Crippen molar-refractivity contribution in [1.82, 2.24) is 0 Å². The van der Waals surface area contributed by atoms with Crippen LogP contribution in [0.1, 0.15) is 25.6 Å². The Morgan fingerprint density at radius 3 is 2.56 bits per heavy atom. The van der Waals surface area contributed by atoms with Gasteiger partial charge < -0.3 is 19.5 Å². The van der Waals surface area contributed by atoms with Crippen molar-refractivity contribution >= 4 is 39.0 Å². The third-order valence-electron chi connectivity index (χ3n) is 4.00. The van der Waals surface area contributed by atoms with E-state index in [2.05, 4.69) is 5.32 Å². The molecule has 3 rings (SSSR count). The molecule has 0 aliphatic carbocycles. The molecule has 0 aliphatic rings. The van der Waals surface area contributed by atoms with Gasteiger partial charge in [-0.15, -0.1) is 11.3 Å². The van der Waals surface area contributed by atoms with Crippen LogP contribution in [0.3, 0.4) is 0 Å².